The Labute approximate surface area is 139 Å². The van der Waals surface area contributed by atoms with E-state index in [9.17, 15) is 4.79 Å². The minimum absolute atomic E-state index is 0. The van der Waals surface area contributed by atoms with E-state index in [2.05, 4.69) is 21.6 Å². The summed E-state index contributed by atoms with van der Waals surface area (Å²) in [7, 11) is 0. The fourth-order valence-electron chi connectivity index (χ4n) is 1.69. The van der Waals surface area contributed by atoms with Crippen LogP contribution in [0.4, 0.5) is 0 Å². The highest BCUT2D eigenvalue weighted by Crippen LogP contribution is 2.06. The molecule has 0 spiro atoms. The monoisotopic (exact) mass is 371 g/mol. The number of carbonyl (C=O) groups is 1. The summed E-state index contributed by atoms with van der Waals surface area (Å²) in [5, 5.41) is 3.46. The van der Waals surface area contributed by atoms with Crippen molar-refractivity contribution in [2.45, 2.75) is 26.3 Å². The van der Waals surface area contributed by atoms with E-state index in [-0.39, 0.29) is 30.2 Å². The van der Waals surface area contributed by atoms with E-state index < -0.39 is 5.97 Å². The predicted octanol–water partition coefficient (Wildman–Crippen LogP) is -2.06. The van der Waals surface area contributed by atoms with Gasteiger partial charge in [-0.25, -0.2) is 9.36 Å². The summed E-state index contributed by atoms with van der Waals surface area (Å²) in [5.41, 5.74) is 0. The zero-order chi connectivity index (χ0) is 14.9. The fraction of sp³-hybridized carbons (Fsp3) is 0.429. The van der Waals surface area contributed by atoms with Crippen LogP contribution in [-0.4, -0.2) is 29.3 Å². The first-order chi connectivity index (χ1) is 10.3. The van der Waals surface area contributed by atoms with Crippen LogP contribution >= 0.6 is 0 Å². The lowest BCUT2D eigenvalue weighted by atomic mass is 10.4. The van der Waals surface area contributed by atoms with Gasteiger partial charge in [-0.1, -0.05) is 12.1 Å². The van der Waals surface area contributed by atoms with Crippen molar-refractivity contribution in [2.24, 2.45) is 0 Å². The zero-order valence-electron chi connectivity index (χ0n) is 12.3. The van der Waals surface area contributed by atoms with Gasteiger partial charge < -0.3 is 31.0 Å². The zero-order valence-corrected chi connectivity index (χ0v) is 13.9. The maximum atomic E-state index is 11.5. The Kier molecular flexibility index (Phi) is 8.13. The van der Waals surface area contributed by atoms with Crippen molar-refractivity contribution in [3.05, 3.63) is 36.7 Å². The highest BCUT2D eigenvalue weighted by atomic mass is 79.9. The molecule has 0 bridgehead atoms. The van der Waals surface area contributed by atoms with E-state index in [1.165, 1.54) is 6.33 Å². The molecule has 2 rings (SSSR count). The molecule has 0 radical (unpaired) electrons. The van der Waals surface area contributed by atoms with Gasteiger partial charge in [0.25, 0.3) is 0 Å². The molecule has 2 aromatic rings. The van der Waals surface area contributed by atoms with Crippen molar-refractivity contribution in [3.63, 3.8) is 0 Å². The molecule has 0 aliphatic carbocycles. The normalized spacial score (nSPS) is 9.86. The van der Waals surface area contributed by atoms with Gasteiger partial charge in [-0.2, -0.15) is 4.98 Å². The maximum Gasteiger partial charge on any atom is 0.344 e. The minimum Gasteiger partial charge on any atom is -1.00 e. The molecule has 8 heteroatoms. The Hall–Kier alpha value is -1.96. The summed E-state index contributed by atoms with van der Waals surface area (Å²) >= 11 is 0. The first-order valence-electron chi connectivity index (χ1n) is 6.81. The van der Waals surface area contributed by atoms with Gasteiger partial charge in [0.05, 0.1) is 6.42 Å². The number of hydrogen-bond donors (Lipinski definition) is 0. The lowest BCUT2D eigenvalue weighted by Gasteiger charge is -2.05. The number of esters is 1. The summed E-state index contributed by atoms with van der Waals surface area (Å²) in [6.07, 6.45) is 6.60. The number of aromatic nitrogens is 3. The van der Waals surface area contributed by atoms with E-state index in [4.69, 9.17) is 14.0 Å². The molecule has 0 N–H and O–H groups in total. The van der Waals surface area contributed by atoms with E-state index in [0.717, 1.165) is 13.0 Å². The van der Waals surface area contributed by atoms with E-state index >= 15 is 0 Å². The number of rotatable bonds is 8. The Bertz CT molecular complexity index is 546. The largest absolute Gasteiger partial charge is 1.00 e. The molecule has 0 aromatic carbocycles. The van der Waals surface area contributed by atoms with Crippen LogP contribution in [0.25, 0.3) is 0 Å². The second kappa shape index (κ2) is 9.88. The molecule has 0 saturated heterocycles. The number of nitrogens with zero attached hydrogens (tertiary/aromatic N) is 3. The van der Waals surface area contributed by atoms with Crippen LogP contribution in [0, 0.1) is 0 Å². The van der Waals surface area contributed by atoms with Crippen LogP contribution in [-0.2, 0) is 22.5 Å². The van der Waals surface area contributed by atoms with Gasteiger partial charge in [0.1, 0.15) is 18.9 Å². The van der Waals surface area contributed by atoms with Gasteiger partial charge in [-0.05, 0) is 0 Å². The molecule has 2 aromatic heterocycles. The molecule has 22 heavy (non-hydrogen) atoms. The first-order valence-corrected chi connectivity index (χ1v) is 6.81. The highest BCUT2D eigenvalue weighted by Gasteiger charge is 2.07. The number of pyridine rings is 1. The van der Waals surface area contributed by atoms with Gasteiger partial charge in [0.15, 0.2) is 25.3 Å². The third-order valence-corrected chi connectivity index (χ3v) is 2.68. The highest BCUT2D eigenvalue weighted by molar-refractivity contribution is 5.71. The smallest absolute Gasteiger partial charge is 0.344 e. The number of hydrogen-bond acceptors (Lipinski definition) is 6. The lowest BCUT2D eigenvalue weighted by molar-refractivity contribution is -0.697. The van der Waals surface area contributed by atoms with Crippen LogP contribution in [0.1, 0.15) is 19.2 Å². The van der Waals surface area contributed by atoms with Crippen molar-refractivity contribution >= 4 is 5.97 Å². The van der Waals surface area contributed by atoms with E-state index in [0.29, 0.717) is 18.1 Å². The quantitative estimate of drug-likeness (QED) is 0.392. The summed E-state index contributed by atoms with van der Waals surface area (Å²) in [4.78, 5) is 15.3. The van der Waals surface area contributed by atoms with Gasteiger partial charge >= 0.3 is 5.97 Å². The SMILES string of the molecule is CCC[n+]1ccc(OCC(=O)OCCc2ncno2)cc1.[Br-]. The molecule has 0 aliphatic rings. The van der Waals surface area contributed by atoms with Gasteiger partial charge in [0.2, 0.25) is 5.89 Å². The molecular weight excluding hydrogens is 354 g/mol. The second-order valence-corrected chi connectivity index (χ2v) is 4.37. The Morgan fingerprint density at radius 1 is 1.36 bits per heavy atom. The average molecular weight is 372 g/mol. The molecule has 2 heterocycles. The van der Waals surface area contributed by atoms with Crippen LogP contribution < -0.4 is 26.3 Å². The fourth-order valence-corrected chi connectivity index (χ4v) is 1.69. The second-order valence-electron chi connectivity index (χ2n) is 4.37. The van der Waals surface area contributed by atoms with Crippen molar-refractivity contribution in [3.8, 4) is 5.75 Å². The van der Waals surface area contributed by atoms with Crippen molar-refractivity contribution in [1.82, 2.24) is 10.1 Å². The molecule has 0 unspecified atom stereocenters. The molecule has 0 amide bonds. The Balaban J connectivity index is 0.00000242. The number of ether oxygens (including phenoxy) is 2. The average Bonchev–Trinajstić information content (AvgIpc) is 3.00. The number of aryl methyl sites for hydroxylation is 1. The molecular formula is C14H18BrN3O4. The van der Waals surface area contributed by atoms with Gasteiger partial charge in [-0.15, -0.1) is 0 Å². The summed E-state index contributed by atoms with van der Waals surface area (Å²) < 4.78 is 17.2. The van der Waals surface area contributed by atoms with Crippen molar-refractivity contribution in [2.75, 3.05) is 13.2 Å². The molecule has 0 fully saturated rings. The van der Waals surface area contributed by atoms with Crippen molar-refractivity contribution in [1.29, 1.82) is 0 Å². The predicted molar refractivity (Wildman–Crippen MR) is 71.4 cm³/mol. The molecule has 0 atom stereocenters. The summed E-state index contributed by atoms with van der Waals surface area (Å²) in [6.45, 7) is 3.14. The Morgan fingerprint density at radius 3 is 2.77 bits per heavy atom. The van der Waals surface area contributed by atoms with Gasteiger partial charge in [0, 0.05) is 18.6 Å². The van der Waals surface area contributed by atoms with Crippen LogP contribution in [0.15, 0.2) is 35.4 Å². The van der Waals surface area contributed by atoms with Crippen LogP contribution in [0.2, 0.25) is 0 Å². The van der Waals surface area contributed by atoms with E-state index in [1.54, 1.807) is 0 Å². The van der Waals surface area contributed by atoms with Crippen molar-refractivity contribution < 1.29 is 40.3 Å². The van der Waals surface area contributed by atoms with Gasteiger partial charge in [-0.3, -0.25) is 0 Å². The topological polar surface area (TPSA) is 78.3 Å². The number of halogens is 1. The third-order valence-electron chi connectivity index (χ3n) is 2.68. The summed E-state index contributed by atoms with van der Waals surface area (Å²) in [5.74, 6) is 0.642. The standard InChI is InChI=1S/C14H18N3O4.BrH/c1-2-6-17-7-3-12(4-8-17)20-10-14(18)19-9-5-13-15-11-16-21-13;/h3-4,7-8,11H,2,5-6,9-10H2,1H3;1H/q+1;/p-1. The third kappa shape index (κ3) is 6.21. The molecule has 0 saturated carbocycles. The number of carbonyl (C=O) groups excluding carboxylic acids is 1. The summed E-state index contributed by atoms with van der Waals surface area (Å²) in [6, 6.07) is 3.64. The maximum absolute atomic E-state index is 11.5. The Morgan fingerprint density at radius 2 is 2.14 bits per heavy atom. The lowest BCUT2D eigenvalue weighted by Crippen LogP contribution is -3.00. The van der Waals surface area contributed by atoms with E-state index in [1.807, 2.05) is 24.5 Å². The molecule has 7 nitrogen and oxygen atoms in total. The molecule has 0 aliphatic heterocycles. The van der Waals surface area contributed by atoms with Crippen LogP contribution in [0.5, 0.6) is 5.75 Å². The van der Waals surface area contributed by atoms with Crippen LogP contribution in [0.3, 0.4) is 0 Å². The first kappa shape index (κ1) is 18.1. The minimum atomic E-state index is -0.431. The molecule has 120 valence electrons.